The van der Waals surface area contributed by atoms with Crippen LogP contribution in [0.1, 0.15) is 18.5 Å². The van der Waals surface area contributed by atoms with Crippen molar-refractivity contribution in [3.8, 4) is 11.5 Å². The number of benzene rings is 3. The van der Waals surface area contributed by atoms with Crippen LogP contribution in [0.4, 0.5) is 0 Å². The van der Waals surface area contributed by atoms with Crippen molar-refractivity contribution >= 4 is 40.6 Å². The van der Waals surface area contributed by atoms with Crippen molar-refractivity contribution in [2.24, 2.45) is 0 Å². The van der Waals surface area contributed by atoms with Gasteiger partial charge >= 0.3 is 0 Å². The Balaban J connectivity index is 1.85. The molecule has 1 N–H and O–H groups in total. The van der Waals surface area contributed by atoms with E-state index in [1.807, 2.05) is 53.3 Å². The molecule has 0 aliphatic carbocycles. The molecule has 0 aliphatic heterocycles. The average molecular weight is 458 g/mol. The van der Waals surface area contributed by atoms with E-state index in [0.29, 0.717) is 0 Å². The van der Waals surface area contributed by atoms with E-state index in [2.05, 4.69) is 74.1 Å². The zero-order valence-corrected chi connectivity index (χ0v) is 20.9. The molecule has 0 amide bonds. The fourth-order valence-corrected chi connectivity index (χ4v) is 24.1. The van der Waals surface area contributed by atoms with Gasteiger partial charge in [-0.2, -0.15) is 0 Å². The normalized spacial score (nSPS) is 14.8. The Morgan fingerprint density at radius 2 is 1.34 bits per heavy atom. The predicted molar refractivity (Wildman–Crippen MR) is 136 cm³/mol. The first kappa shape index (κ1) is 22.3. The Bertz CT molecular complexity index is 960. The number of nitrogens with one attached hydrogen (secondary N) is 1. The lowest BCUT2D eigenvalue weighted by Crippen LogP contribution is -2.25. The zero-order valence-electron chi connectivity index (χ0n) is 17.3. The molecule has 3 rings (SSSR count). The molecule has 0 saturated carbocycles. The SMILES string of the molecule is C[C@H](NP(=S)(S[Si](C)(C)C)c1ccc(Oc2ccccc2)cc1)c1ccccc1. The van der Waals surface area contributed by atoms with Crippen LogP contribution in [0.5, 0.6) is 11.5 Å². The van der Waals surface area contributed by atoms with Crippen molar-refractivity contribution in [1.82, 2.24) is 5.09 Å². The van der Waals surface area contributed by atoms with Crippen LogP contribution in [0.2, 0.25) is 19.6 Å². The second-order valence-corrected chi connectivity index (χ2v) is 24.1. The Morgan fingerprint density at radius 1 is 0.828 bits per heavy atom. The highest BCUT2D eigenvalue weighted by Crippen LogP contribution is 2.59. The predicted octanol–water partition coefficient (Wildman–Crippen LogP) is 7.33. The minimum absolute atomic E-state index is 0.200. The van der Waals surface area contributed by atoms with Gasteiger partial charge < -0.3 is 4.74 Å². The van der Waals surface area contributed by atoms with Crippen molar-refractivity contribution in [1.29, 1.82) is 0 Å². The standard InChI is InChI=1S/C23H28NOPS2Si/c1-19(20-11-7-5-8-12-20)24-26(27,28-29(2,3)4)23-17-15-22(16-18-23)25-21-13-9-6-10-14-21/h5-19H,1-4H3,(H,24,27)/t19-,26?/m0/s1. The molecule has 2 nitrogen and oxygen atoms in total. The minimum atomic E-state index is -2.01. The van der Waals surface area contributed by atoms with E-state index in [9.17, 15) is 0 Å². The number of ether oxygens (including phenoxy) is 1. The summed E-state index contributed by atoms with van der Waals surface area (Å²) in [6.45, 7) is 9.29. The highest BCUT2D eigenvalue weighted by atomic mass is 33.0. The number of hydrogen-bond donors (Lipinski definition) is 1. The van der Waals surface area contributed by atoms with Crippen molar-refractivity contribution in [2.45, 2.75) is 32.6 Å². The van der Waals surface area contributed by atoms with E-state index >= 15 is 0 Å². The molecule has 0 spiro atoms. The molecular weight excluding hydrogens is 429 g/mol. The summed E-state index contributed by atoms with van der Waals surface area (Å²) in [4.78, 5) is 0. The summed E-state index contributed by atoms with van der Waals surface area (Å²) in [6.07, 6.45) is 0. The maximum atomic E-state index is 6.32. The van der Waals surface area contributed by atoms with Gasteiger partial charge in [-0.15, -0.1) is 10.8 Å². The van der Waals surface area contributed by atoms with Gasteiger partial charge in [0.05, 0.1) is 5.39 Å². The Morgan fingerprint density at radius 3 is 1.90 bits per heavy atom. The Kier molecular flexibility index (Phi) is 7.41. The molecule has 0 radical (unpaired) electrons. The first-order valence-corrected chi connectivity index (χ1v) is 18.2. The van der Waals surface area contributed by atoms with Gasteiger partial charge in [0, 0.05) is 11.3 Å². The quantitative estimate of drug-likeness (QED) is 0.282. The van der Waals surface area contributed by atoms with Crippen molar-refractivity contribution in [2.75, 3.05) is 0 Å². The minimum Gasteiger partial charge on any atom is -0.457 e. The fraction of sp³-hybridized carbons (Fsp3) is 0.217. The van der Waals surface area contributed by atoms with Crippen LogP contribution < -0.4 is 15.1 Å². The average Bonchev–Trinajstić information content (AvgIpc) is 2.68. The van der Waals surface area contributed by atoms with E-state index in [-0.39, 0.29) is 6.04 Å². The van der Waals surface area contributed by atoms with Crippen LogP contribution in [0, 0.1) is 0 Å². The Hall–Kier alpha value is -1.36. The first-order chi connectivity index (χ1) is 13.8. The Labute approximate surface area is 184 Å². The lowest BCUT2D eigenvalue weighted by Gasteiger charge is -2.32. The van der Waals surface area contributed by atoms with Gasteiger partial charge in [-0.05, 0) is 48.9 Å². The third-order valence-corrected chi connectivity index (χ3v) is 20.3. The lowest BCUT2D eigenvalue weighted by molar-refractivity contribution is 0.483. The largest absolute Gasteiger partial charge is 0.457 e. The second-order valence-electron chi connectivity index (χ2n) is 7.93. The smallest absolute Gasteiger partial charge is 0.127 e. The van der Waals surface area contributed by atoms with Gasteiger partial charge in [0.1, 0.15) is 18.7 Å². The maximum absolute atomic E-state index is 6.32. The molecular formula is C23H28NOPS2Si. The van der Waals surface area contributed by atoms with E-state index in [1.165, 1.54) is 10.9 Å². The van der Waals surface area contributed by atoms with Crippen LogP contribution in [-0.2, 0) is 11.8 Å². The fourth-order valence-electron chi connectivity index (χ4n) is 2.95. The highest BCUT2D eigenvalue weighted by molar-refractivity contribution is 8.82. The van der Waals surface area contributed by atoms with Crippen LogP contribution in [-0.4, -0.2) is 7.22 Å². The van der Waals surface area contributed by atoms with Crippen LogP contribution in [0.3, 0.4) is 0 Å². The third kappa shape index (κ3) is 6.56. The molecule has 1 unspecified atom stereocenters. The van der Waals surface area contributed by atoms with Crippen LogP contribution in [0.25, 0.3) is 0 Å². The molecule has 0 heterocycles. The molecule has 6 heteroatoms. The summed E-state index contributed by atoms with van der Waals surface area (Å²) in [5.41, 5.74) is 1.27. The molecule has 2 atom stereocenters. The third-order valence-electron chi connectivity index (χ3n) is 4.22. The van der Waals surface area contributed by atoms with Gasteiger partial charge in [0.25, 0.3) is 0 Å². The van der Waals surface area contributed by atoms with Gasteiger partial charge in [0.2, 0.25) is 0 Å². The van der Waals surface area contributed by atoms with Crippen LogP contribution >= 0.6 is 16.2 Å². The van der Waals surface area contributed by atoms with Crippen LogP contribution in [0.15, 0.2) is 84.9 Å². The highest BCUT2D eigenvalue weighted by Gasteiger charge is 2.30. The molecule has 29 heavy (non-hydrogen) atoms. The summed E-state index contributed by atoms with van der Waals surface area (Å²) >= 11 is 6.32. The monoisotopic (exact) mass is 457 g/mol. The number of para-hydroxylation sites is 1. The topological polar surface area (TPSA) is 21.3 Å². The first-order valence-electron chi connectivity index (χ1n) is 9.72. The molecule has 0 bridgehead atoms. The number of hydrogen-bond acceptors (Lipinski definition) is 3. The van der Waals surface area contributed by atoms with Gasteiger partial charge in [-0.3, -0.25) is 5.09 Å². The summed E-state index contributed by atoms with van der Waals surface area (Å²) in [7, 11) is 0.553. The van der Waals surface area contributed by atoms with E-state index in [1.54, 1.807) is 0 Å². The molecule has 0 aliphatic rings. The van der Waals surface area contributed by atoms with Gasteiger partial charge in [-0.1, -0.05) is 80.0 Å². The molecule has 0 fully saturated rings. The summed E-state index contributed by atoms with van der Waals surface area (Å²) in [5, 5.41) is 3.02. The summed E-state index contributed by atoms with van der Waals surface area (Å²) in [6, 6.07) is 28.9. The van der Waals surface area contributed by atoms with Crippen molar-refractivity contribution < 1.29 is 4.74 Å². The van der Waals surface area contributed by atoms with Gasteiger partial charge in [0.15, 0.2) is 0 Å². The summed E-state index contributed by atoms with van der Waals surface area (Å²) in [5.74, 6) is 1.67. The molecule has 152 valence electrons. The van der Waals surface area contributed by atoms with E-state index in [4.69, 9.17) is 16.5 Å². The van der Waals surface area contributed by atoms with Gasteiger partial charge in [-0.25, -0.2) is 0 Å². The molecule has 0 aromatic heterocycles. The second kappa shape index (κ2) is 9.63. The summed E-state index contributed by atoms with van der Waals surface area (Å²) < 4.78 is 5.96. The van der Waals surface area contributed by atoms with E-state index in [0.717, 1.165) is 11.5 Å². The molecule has 0 saturated heterocycles. The molecule has 3 aromatic carbocycles. The maximum Gasteiger partial charge on any atom is 0.127 e. The lowest BCUT2D eigenvalue weighted by atomic mass is 10.1. The zero-order chi connectivity index (χ0) is 20.9. The van der Waals surface area contributed by atoms with Crippen molar-refractivity contribution in [3.05, 3.63) is 90.5 Å². The van der Waals surface area contributed by atoms with E-state index < -0.39 is 12.6 Å². The number of rotatable bonds is 8. The van der Waals surface area contributed by atoms with Crippen molar-refractivity contribution in [3.63, 3.8) is 0 Å². The molecule has 3 aromatic rings.